The van der Waals surface area contributed by atoms with E-state index in [2.05, 4.69) is 25.2 Å². The molecule has 0 fully saturated rings. The summed E-state index contributed by atoms with van der Waals surface area (Å²) in [6, 6.07) is 0. The summed E-state index contributed by atoms with van der Waals surface area (Å²) in [4.78, 5) is 13.0. The van der Waals surface area contributed by atoms with Crippen molar-refractivity contribution in [3.8, 4) is 0 Å². The van der Waals surface area contributed by atoms with Crippen LogP contribution in [-0.2, 0) is 4.79 Å². The largest absolute Gasteiger partial charge is 0.348 e. The van der Waals surface area contributed by atoms with E-state index < -0.39 is 0 Å². The van der Waals surface area contributed by atoms with Crippen LogP contribution in [0.15, 0.2) is 11.6 Å². The van der Waals surface area contributed by atoms with Crippen molar-refractivity contribution >= 4 is 5.91 Å². The highest BCUT2D eigenvalue weighted by atomic mass is 16.2. The first-order valence-electron chi connectivity index (χ1n) is 6.07. The van der Waals surface area contributed by atoms with Crippen LogP contribution in [0.4, 0.5) is 0 Å². The van der Waals surface area contributed by atoms with E-state index in [1.54, 1.807) is 19.0 Å². The zero-order valence-electron chi connectivity index (χ0n) is 10.9. The first-order valence-corrected chi connectivity index (χ1v) is 6.07. The van der Waals surface area contributed by atoms with Crippen molar-refractivity contribution < 1.29 is 4.79 Å². The van der Waals surface area contributed by atoms with E-state index >= 15 is 0 Å². The molecule has 1 amide bonds. The molecule has 92 valence electrons. The maximum atomic E-state index is 11.4. The summed E-state index contributed by atoms with van der Waals surface area (Å²) >= 11 is 0. The molecule has 2 unspecified atom stereocenters. The Hall–Kier alpha value is -0.830. The van der Waals surface area contributed by atoms with Crippen molar-refractivity contribution in [2.24, 2.45) is 11.8 Å². The highest BCUT2D eigenvalue weighted by Gasteiger charge is 2.17. The lowest BCUT2D eigenvalue weighted by atomic mass is 9.84. The van der Waals surface area contributed by atoms with E-state index in [1.807, 2.05) is 0 Å². The molecule has 0 aromatic carbocycles. The summed E-state index contributed by atoms with van der Waals surface area (Å²) < 4.78 is 0. The van der Waals surface area contributed by atoms with Crippen LogP contribution < -0.4 is 5.32 Å². The van der Waals surface area contributed by atoms with Crippen molar-refractivity contribution in [1.82, 2.24) is 10.2 Å². The molecule has 0 spiro atoms. The lowest BCUT2D eigenvalue weighted by Gasteiger charge is -2.25. The SMILES string of the molecule is CC1=CC(C)CC(CNCC(=O)N(C)C)C1. The molecular formula is C13H24N2O. The quantitative estimate of drug-likeness (QED) is 0.737. The third kappa shape index (κ3) is 4.35. The Bertz CT molecular complexity index is 271. The molecule has 3 nitrogen and oxygen atoms in total. The fourth-order valence-corrected chi connectivity index (χ4v) is 2.38. The van der Waals surface area contributed by atoms with E-state index in [0.717, 1.165) is 6.54 Å². The second kappa shape index (κ2) is 6.04. The highest BCUT2D eigenvalue weighted by Crippen LogP contribution is 2.26. The molecule has 1 rings (SSSR count). The molecule has 0 radical (unpaired) electrons. The first kappa shape index (κ1) is 13.2. The number of allylic oxidation sites excluding steroid dienone is 2. The number of hydrogen-bond acceptors (Lipinski definition) is 2. The summed E-state index contributed by atoms with van der Waals surface area (Å²) in [7, 11) is 3.58. The predicted octanol–water partition coefficient (Wildman–Crippen LogP) is 1.66. The first-order chi connectivity index (χ1) is 7.49. The minimum atomic E-state index is 0.149. The lowest BCUT2D eigenvalue weighted by molar-refractivity contribution is -0.127. The van der Waals surface area contributed by atoms with Gasteiger partial charge in [-0.15, -0.1) is 0 Å². The summed E-state index contributed by atoms with van der Waals surface area (Å²) in [6.45, 7) is 5.88. The molecule has 0 heterocycles. The molecule has 0 aliphatic heterocycles. The van der Waals surface area contributed by atoms with Gasteiger partial charge in [0.2, 0.25) is 5.91 Å². The molecule has 2 atom stereocenters. The molecular weight excluding hydrogens is 200 g/mol. The van der Waals surface area contributed by atoms with Crippen LogP contribution in [0.1, 0.15) is 26.7 Å². The molecule has 0 aromatic heterocycles. The molecule has 16 heavy (non-hydrogen) atoms. The number of likely N-dealkylation sites (N-methyl/N-ethyl adjacent to an activating group) is 1. The maximum Gasteiger partial charge on any atom is 0.236 e. The molecule has 0 aromatic rings. The van der Waals surface area contributed by atoms with Gasteiger partial charge in [-0.1, -0.05) is 18.6 Å². The number of carbonyl (C=O) groups excluding carboxylic acids is 1. The van der Waals surface area contributed by atoms with Gasteiger partial charge in [0, 0.05) is 14.1 Å². The predicted molar refractivity (Wildman–Crippen MR) is 67.2 cm³/mol. The molecule has 1 aliphatic rings. The molecule has 3 heteroatoms. The molecule has 0 saturated carbocycles. The van der Waals surface area contributed by atoms with Gasteiger partial charge in [0.1, 0.15) is 0 Å². The van der Waals surface area contributed by atoms with Crippen molar-refractivity contribution in [2.75, 3.05) is 27.2 Å². The molecule has 0 bridgehead atoms. The molecule has 1 N–H and O–H groups in total. The topological polar surface area (TPSA) is 32.3 Å². The Morgan fingerprint density at radius 2 is 2.25 bits per heavy atom. The smallest absolute Gasteiger partial charge is 0.236 e. The Kier molecular flexibility index (Phi) is 5.00. The summed E-state index contributed by atoms with van der Waals surface area (Å²) in [5.74, 6) is 1.52. The Balaban J connectivity index is 2.24. The van der Waals surface area contributed by atoms with E-state index in [0.29, 0.717) is 18.4 Å². The van der Waals surface area contributed by atoms with Gasteiger partial charge in [-0.05, 0) is 38.1 Å². The number of carbonyl (C=O) groups is 1. The molecule has 1 aliphatic carbocycles. The van der Waals surface area contributed by atoms with Crippen LogP contribution in [0.3, 0.4) is 0 Å². The van der Waals surface area contributed by atoms with Gasteiger partial charge in [-0.2, -0.15) is 0 Å². The minimum Gasteiger partial charge on any atom is -0.348 e. The van der Waals surface area contributed by atoms with Gasteiger partial charge in [-0.3, -0.25) is 4.79 Å². The van der Waals surface area contributed by atoms with Gasteiger partial charge < -0.3 is 10.2 Å². The third-order valence-electron chi connectivity index (χ3n) is 3.09. The van der Waals surface area contributed by atoms with Crippen LogP contribution in [0.25, 0.3) is 0 Å². The van der Waals surface area contributed by atoms with Crippen LogP contribution in [0, 0.1) is 11.8 Å². The van der Waals surface area contributed by atoms with E-state index in [1.165, 1.54) is 18.4 Å². The molecule has 0 saturated heterocycles. The van der Waals surface area contributed by atoms with E-state index in [9.17, 15) is 4.79 Å². The summed E-state index contributed by atoms with van der Waals surface area (Å²) in [5.41, 5.74) is 1.49. The van der Waals surface area contributed by atoms with Gasteiger partial charge in [0.15, 0.2) is 0 Å². The zero-order valence-corrected chi connectivity index (χ0v) is 10.9. The number of nitrogens with one attached hydrogen (secondary N) is 1. The van der Waals surface area contributed by atoms with Crippen molar-refractivity contribution in [3.63, 3.8) is 0 Å². The monoisotopic (exact) mass is 224 g/mol. The Labute approximate surface area is 98.9 Å². The van der Waals surface area contributed by atoms with Crippen LogP contribution in [0.5, 0.6) is 0 Å². The van der Waals surface area contributed by atoms with Gasteiger partial charge in [0.05, 0.1) is 6.54 Å². The van der Waals surface area contributed by atoms with Gasteiger partial charge >= 0.3 is 0 Å². The van der Waals surface area contributed by atoms with Crippen molar-refractivity contribution in [2.45, 2.75) is 26.7 Å². The van der Waals surface area contributed by atoms with Crippen molar-refractivity contribution in [3.05, 3.63) is 11.6 Å². The zero-order chi connectivity index (χ0) is 12.1. The number of amides is 1. The number of nitrogens with zero attached hydrogens (tertiary/aromatic N) is 1. The highest BCUT2D eigenvalue weighted by molar-refractivity contribution is 5.77. The average Bonchev–Trinajstić information content (AvgIpc) is 2.15. The Morgan fingerprint density at radius 1 is 1.56 bits per heavy atom. The van der Waals surface area contributed by atoms with Crippen LogP contribution >= 0.6 is 0 Å². The lowest BCUT2D eigenvalue weighted by Crippen LogP contribution is -2.36. The average molecular weight is 224 g/mol. The second-order valence-corrected chi connectivity index (χ2v) is 5.22. The van der Waals surface area contributed by atoms with E-state index in [-0.39, 0.29) is 5.91 Å². The minimum absolute atomic E-state index is 0.149. The number of rotatable bonds is 4. The fourth-order valence-electron chi connectivity index (χ4n) is 2.38. The number of hydrogen-bond donors (Lipinski definition) is 1. The van der Waals surface area contributed by atoms with Crippen molar-refractivity contribution in [1.29, 1.82) is 0 Å². The summed E-state index contributed by atoms with van der Waals surface area (Å²) in [5, 5.41) is 3.26. The second-order valence-electron chi connectivity index (χ2n) is 5.22. The van der Waals surface area contributed by atoms with E-state index in [4.69, 9.17) is 0 Å². The normalized spacial score (nSPS) is 25.1. The summed E-state index contributed by atoms with van der Waals surface area (Å²) in [6.07, 6.45) is 4.77. The van der Waals surface area contributed by atoms with Gasteiger partial charge in [0.25, 0.3) is 0 Å². The van der Waals surface area contributed by atoms with Crippen LogP contribution in [-0.4, -0.2) is 38.0 Å². The standard InChI is InChI=1S/C13H24N2O/c1-10-5-11(2)7-12(6-10)8-14-9-13(16)15(3)4/h5,10,12,14H,6-9H2,1-4H3. The van der Waals surface area contributed by atoms with Crippen LogP contribution in [0.2, 0.25) is 0 Å². The Morgan fingerprint density at radius 3 is 2.81 bits per heavy atom. The third-order valence-corrected chi connectivity index (χ3v) is 3.09. The maximum absolute atomic E-state index is 11.4. The van der Waals surface area contributed by atoms with Gasteiger partial charge in [-0.25, -0.2) is 0 Å². The fraction of sp³-hybridized carbons (Fsp3) is 0.769.